The Morgan fingerprint density at radius 1 is 1.00 bits per heavy atom. The van der Waals surface area contributed by atoms with E-state index in [9.17, 15) is 0 Å². The molecule has 1 saturated carbocycles. The number of anilines is 2. The first-order valence-corrected chi connectivity index (χ1v) is 10.6. The zero-order chi connectivity index (χ0) is 18.9. The molecule has 0 unspecified atom stereocenters. The van der Waals surface area contributed by atoms with Gasteiger partial charge in [0.2, 0.25) is 0 Å². The number of aryl methyl sites for hydroxylation is 1. The Bertz CT molecular complexity index is 701. The average molecular weight is 494 g/mol. The molecular formula is C24H35IN2O. The molecule has 2 aromatic rings. The van der Waals surface area contributed by atoms with Crippen molar-refractivity contribution >= 4 is 11.4 Å². The quantitative estimate of drug-likeness (QED) is 0.303. The van der Waals surface area contributed by atoms with E-state index in [1.165, 1.54) is 63.5 Å². The Hall–Kier alpha value is -1.30. The maximum atomic E-state index is 5.64. The van der Waals surface area contributed by atoms with Crippen LogP contribution in [-0.4, -0.2) is 13.7 Å². The Morgan fingerprint density at radius 3 is 2.54 bits per heavy atom. The number of para-hydroxylation sites is 2. The van der Waals surface area contributed by atoms with Crippen molar-refractivity contribution in [2.75, 3.05) is 18.6 Å². The predicted molar refractivity (Wildman–Crippen MR) is 113 cm³/mol. The fourth-order valence-corrected chi connectivity index (χ4v) is 4.33. The number of hydrogen-bond acceptors (Lipinski definition) is 2. The number of rotatable bonds is 9. The minimum Gasteiger partial charge on any atom is -1.00 e. The van der Waals surface area contributed by atoms with Gasteiger partial charge in [-0.2, -0.15) is 0 Å². The molecule has 0 amide bonds. The monoisotopic (exact) mass is 494 g/mol. The van der Waals surface area contributed by atoms with E-state index in [0.29, 0.717) is 0 Å². The van der Waals surface area contributed by atoms with Crippen molar-refractivity contribution in [2.24, 2.45) is 13.0 Å². The standard InChI is InChI=1S/C24H35N2O.HI/c1-25-18-11-15-22(20-25)26(23-16-8-9-17-24(23)27-2)19-10-4-7-14-21-12-5-3-6-13-21;/h8-9,11,15-18,20-21H,3-7,10,12-14,19H2,1-2H3;1H/q+1;/p-1. The molecule has 28 heavy (non-hydrogen) atoms. The maximum absolute atomic E-state index is 5.64. The second-order valence-electron chi connectivity index (χ2n) is 7.90. The molecule has 0 N–H and O–H groups in total. The predicted octanol–water partition coefficient (Wildman–Crippen LogP) is 2.80. The van der Waals surface area contributed by atoms with Gasteiger partial charge in [-0.05, 0) is 30.5 Å². The summed E-state index contributed by atoms with van der Waals surface area (Å²) in [5, 5.41) is 0. The number of halogens is 1. The zero-order valence-electron chi connectivity index (χ0n) is 17.4. The van der Waals surface area contributed by atoms with E-state index in [2.05, 4.69) is 53.2 Å². The van der Waals surface area contributed by atoms with Crippen molar-refractivity contribution in [1.29, 1.82) is 0 Å². The first-order chi connectivity index (χ1) is 13.3. The minimum absolute atomic E-state index is 0. The Kier molecular flexibility index (Phi) is 10.1. The fourth-order valence-electron chi connectivity index (χ4n) is 4.33. The smallest absolute Gasteiger partial charge is 0.192 e. The van der Waals surface area contributed by atoms with Crippen LogP contribution in [0.1, 0.15) is 57.8 Å². The average Bonchev–Trinajstić information content (AvgIpc) is 2.71. The number of aromatic nitrogens is 1. The highest BCUT2D eigenvalue weighted by molar-refractivity contribution is 5.68. The van der Waals surface area contributed by atoms with Crippen LogP contribution in [0.5, 0.6) is 5.75 Å². The molecule has 1 heterocycles. The van der Waals surface area contributed by atoms with Crippen molar-refractivity contribution in [3.8, 4) is 5.75 Å². The van der Waals surface area contributed by atoms with Gasteiger partial charge in [0, 0.05) is 12.6 Å². The summed E-state index contributed by atoms with van der Waals surface area (Å²) in [6, 6.07) is 12.6. The number of pyridine rings is 1. The number of methoxy groups -OCH3 is 1. The Labute approximate surface area is 188 Å². The van der Waals surface area contributed by atoms with Crippen LogP contribution in [-0.2, 0) is 7.05 Å². The summed E-state index contributed by atoms with van der Waals surface area (Å²) >= 11 is 0. The number of hydrogen-bond donors (Lipinski definition) is 0. The van der Waals surface area contributed by atoms with Crippen LogP contribution < -0.4 is 38.2 Å². The third-order valence-electron chi connectivity index (χ3n) is 5.83. The Balaban J connectivity index is 0.00000280. The van der Waals surface area contributed by atoms with Crippen LogP contribution in [0.15, 0.2) is 48.8 Å². The third-order valence-corrected chi connectivity index (χ3v) is 5.83. The minimum atomic E-state index is 0. The highest BCUT2D eigenvalue weighted by atomic mass is 127. The van der Waals surface area contributed by atoms with Gasteiger partial charge in [0.15, 0.2) is 12.4 Å². The van der Waals surface area contributed by atoms with Crippen molar-refractivity contribution in [3.05, 3.63) is 48.8 Å². The summed E-state index contributed by atoms with van der Waals surface area (Å²) in [5.41, 5.74) is 2.37. The number of benzene rings is 1. The van der Waals surface area contributed by atoms with Gasteiger partial charge in [0.05, 0.1) is 12.8 Å². The van der Waals surface area contributed by atoms with E-state index >= 15 is 0 Å². The van der Waals surface area contributed by atoms with Crippen LogP contribution in [0.2, 0.25) is 0 Å². The first-order valence-electron chi connectivity index (χ1n) is 10.6. The molecule has 1 fully saturated rings. The fraction of sp³-hybridized carbons (Fsp3) is 0.542. The summed E-state index contributed by atoms with van der Waals surface area (Å²) in [5.74, 6) is 1.93. The van der Waals surface area contributed by atoms with Crippen molar-refractivity contribution in [3.63, 3.8) is 0 Å². The molecule has 154 valence electrons. The van der Waals surface area contributed by atoms with E-state index in [0.717, 1.165) is 23.9 Å². The van der Waals surface area contributed by atoms with Gasteiger partial charge in [-0.15, -0.1) is 0 Å². The summed E-state index contributed by atoms with van der Waals surface area (Å²) in [6.07, 6.45) is 16.9. The molecule has 1 aromatic carbocycles. The molecule has 3 nitrogen and oxygen atoms in total. The molecular weight excluding hydrogens is 459 g/mol. The first kappa shape index (κ1) is 23.0. The SMILES string of the molecule is COc1ccccc1N(CCCCCC1CCCCC1)c1ccc[n+](C)c1.[I-]. The lowest BCUT2D eigenvalue weighted by atomic mass is 9.85. The topological polar surface area (TPSA) is 16.4 Å². The second-order valence-corrected chi connectivity index (χ2v) is 7.90. The normalized spacial score (nSPS) is 14.4. The van der Waals surface area contributed by atoms with Crippen LogP contribution in [0, 0.1) is 5.92 Å². The summed E-state index contributed by atoms with van der Waals surface area (Å²) < 4.78 is 7.75. The van der Waals surface area contributed by atoms with Crippen LogP contribution in [0.3, 0.4) is 0 Å². The molecule has 1 aliphatic carbocycles. The largest absolute Gasteiger partial charge is 1.00 e. The lowest BCUT2D eigenvalue weighted by molar-refractivity contribution is -0.670. The molecule has 1 aromatic heterocycles. The van der Waals surface area contributed by atoms with Crippen LogP contribution in [0.4, 0.5) is 11.4 Å². The van der Waals surface area contributed by atoms with Crippen LogP contribution >= 0.6 is 0 Å². The molecule has 0 saturated heterocycles. The second kappa shape index (κ2) is 12.3. The van der Waals surface area contributed by atoms with Crippen molar-refractivity contribution in [2.45, 2.75) is 57.8 Å². The van der Waals surface area contributed by atoms with Crippen molar-refractivity contribution < 1.29 is 33.3 Å². The Morgan fingerprint density at radius 2 is 1.79 bits per heavy atom. The number of nitrogens with zero attached hydrogens (tertiary/aromatic N) is 2. The molecule has 0 spiro atoms. The van der Waals surface area contributed by atoms with Gasteiger partial charge in [-0.3, -0.25) is 0 Å². The summed E-state index contributed by atoms with van der Waals surface area (Å²) in [6.45, 7) is 1.02. The zero-order valence-corrected chi connectivity index (χ0v) is 19.6. The lowest BCUT2D eigenvalue weighted by Gasteiger charge is -2.26. The molecule has 0 radical (unpaired) electrons. The lowest BCUT2D eigenvalue weighted by Crippen LogP contribution is -3.00. The number of unbranched alkanes of at least 4 members (excludes halogenated alkanes) is 2. The van der Waals surface area contributed by atoms with Gasteiger partial charge in [-0.1, -0.05) is 63.5 Å². The third kappa shape index (κ3) is 6.64. The highest BCUT2D eigenvalue weighted by Gasteiger charge is 2.16. The van der Waals surface area contributed by atoms with Gasteiger partial charge in [0.1, 0.15) is 18.5 Å². The summed E-state index contributed by atoms with van der Waals surface area (Å²) in [7, 11) is 3.83. The molecule has 4 heteroatoms. The molecule has 0 atom stereocenters. The molecule has 1 aliphatic rings. The van der Waals surface area contributed by atoms with E-state index in [4.69, 9.17) is 4.74 Å². The maximum Gasteiger partial charge on any atom is 0.192 e. The van der Waals surface area contributed by atoms with E-state index in [1.54, 1.807) is 7.11 Å². The van der Waals surface area contributed by atoms with Gasteiger partial charge in [-0.25, -0.2) is 4.57 Å². The van der Waals surface area contributed by atoms with E-state index in [-0.39, 0.29) is 24.0 Å². The van der Waals surface area contributed by atoms with E-state index in [1.807, 2.05) is 12.1 Å². The van der Waals surface area contributed by atoms with Crippen molar-refractivity contribution in [1.82, 2.24) is 0 Å². The summed E-state index contributed by atoms with van der Waals surface area (Å²) in [4.78, 5) is 2.40. The van der Waals surface area contributed by atoms with E-state index < -0.39 is 0 Å². The molecule has 3 rings (SSSR count). The molecule has 0 bridgehead atoms. The van der Waals surface area contributed by atoms with Gasteiger partial charge in [0.25, 0.3) is 0 Å². The molecule has 0 aliphatic heterocycles. The van der Waals surface area contributed by atoms with Gasteiger partial charge < -0.3 is 33.6 Å². The van der Waals surface area contributed by atoms with Gasteiger partial charge >= 0.3 is 0 Å². The highest BCUT2D eigenvalue weighted by Crippen LogP contribution is 2.33. The number of ether oxygens (including phenoxy) is 1. The van der Waals surface area contributed by atoms with Crippen LogP contribution in [0.25, 0.3) is 0 Å².